The molecule has 0 saturated heterocycles. The Hall–Kier alpha value is -3.05. The zero-order chi connectivity index (χ0) is 19.2. The van der Waals surface area contributed by atoms with Crippen molar-refractivity contribution in [1.29, 1.82) is 0 Å². The van der Waals surface area contributed by atoms with Gasteiger partial charge < -0.3 is 10.3 Å². The summed E-state index contributed by atoms with van der Waals surface area (Å²) in [6.45, 7) is 0. The number of para-hydroxylation sites is 2. The topological polar surface area (TPSA) is 57.8 Å². The van der Waals surface area contributed by atoms with Crippen LogP contribution in [0, 0.1) is 0 Å². The van der Waals surface area contributed by atoms with Gasteiger partial charge in [-0.15, -0.1) is 11.8 Å². The molecule has 0 bridgehead atoms. The number of rotatable bonds is 7. The second-order valence-electron chi connectivity index (χ2n) is 6.55. The maximum atomic E-state index is 12.2. The Labute approximate surface area is 168 Å². The molecule has 0 aliphatic rings. The number of benzene rings is 3. The lowest BCUT2D eigenvalue weighted by atomic mass is 10.1. The molecule has 1 aromatic heterocycles. The summed E-state index contributed by atoms with van der Waals surface area (Å²) in [7, 11) is 0. The number of fused-ring (bicyclic) bond motifs is 1. The lowest BCUT2D eigenvalue weighted by molar-refractivity contribution is -0.113. The molecule has 0 unspecified atom stereocenters. The van der Waals surface area contributed by atoms with E-state index in [0.29, 0.717) is 5.75 Å². The lowest BCUT2D eigenvalue weighted by Crippen LogP contribution is -2.14. The Balaban J connectivity index is 1.32. The van der Waals surface area contributed by atoms with Crippen molar-refractivity contribution in [2.45, 2.75) is 17.7 Å². The minimum Gasteiger partial charge on any atom is -0.342 e. The highest BCUT2D eigenvalue weighted by molar-refractivity contribution is 8.00. The summed E-state index contributed by atoms with van der Waals surface area (Å²) in [5.41, 5.74) is 4.07. The van der Waals surface area contributed by atoms with Gasteiger partial charge in [0.25, 0.3) is 0 Å². The highest BCUT2D eigenvalue weighted by Gasteiger charge is 2.06. The molecule has 0 spiro atoms. The van der Waals surface area contributed by atoms with Crippen LogP contribution < -0.4 is 5.32 Å². The van der Waals surface area contributed by atoms with Crippen molar-refractivity contribution in [3.8, 4) is 0 Å². The molecule has 5 heteroatoms. The van der Waals surface area contributed by atoms with Crippen molar-refractivity contribution in [3.05, 3.63) is 90.3 Å². The average Bonchev–Trinajstić information content (AvgIpc) is 3.15. The van der Waals surface area contributed by atoms with Gasteiger partial charge in [-0.2, -0.15) is 0 Å². The number of anilines is 1. The molecule has 1 amide bonds. The third-order valence-corrected chi connectivity index (χ3v) is 5.42. The lowest BCUT2D eigenvalue weighted by Gasteiger charge is -2.07. The molecule has 0 saturated carbocycles. The van der Waals surface area contributed by atoms with Crippen molar-refractivity contribution in [2.24, 2.45) is 0 Å². The van der Waals surface area contributed by atoms with Crippen molar-refractivity contribution in [1.82, 2.24) is 9.97 Å². The Morgan fingerprint density at radius 1 is 0.929 bits per heavy atom. The SMILES string of the molecule is O=C(CSc1ccccc1)Nc1cccc(CCc2nc3ccccc3[nH]2)c1. The number of carbonyl (C=O) groups excluding carboxylic acids is 1. The molecule has 4 rings (SSSR count). The fourth-order valence-corrected chi connectivity index (χ4v) is 3.77. The number of aryl methyl sites for hydroxylation is 2. The van der Waals surface area contributed by atoms with E-state index in [1.807, 2.05) is 72.8 Å². The quantitative estimate of drug-likeness (QED) is 0.435. The van der Waals surface area contributed by atoms with E-state index in [4.69, 9.17) is 0 Å². The molecule has 3 aromatic carbocycles. The van der Waals surface area contributed by atoms with Crippen LogP contribution in [0.5, 0.6) is 0 Å². The van der Waals surface area contributed by atoms with E-state index in [2.05, 4.69) is 21.4 Å². The smallest absolute Gasteiger partial charge is 0.234 e. The molecule has 2 N–H and O–H groups in total. The van der Waals surface area contributed by atoms with Crippen molar-refractivity contribution >= 4 is 34.4 Å². The number of amides is 1. The molecule has 4 aromatic rings. The van der Waals surface area contributed by atoms with E-state index < -0.39 is 0 Å². The van der Waals surface area contributed by atoms with Crippen LogP contribution in [0.25, 0.3) is 11.0 Å². The highest BCUT2D eigenvalue weighted by atomic mass is 32.2. The average molecular weight is 388 g/mol. The van der Waals surface area contributed by atoms with E-state index in [1.165, 1.54) is 17.3 Å². The van der Waals surface area contributed by atoms with Crippen LogP contribution in [0.3, 0.4) is 0 Å². The second kappa shape index (κ2) is 8.76. The summed E-state index contributed by atoms with van der Waals surface area (Å²) in [5, 5.41) is 2.99. The van der Waals surface area contributed by atoms with E-state index in [0.717, 1.165) is 40.3 Å². The minimum absolute atomic E-state index is 0.00304. The van der Waals surface area contributed by atoms with Gasteiger partial charge in [0.2, 0.25) is 5.91 Å². The minimum atomic E-state index is 0.00304. The zero-order valence-electron chi connectivity index (χ0n) is 15.4. The van der Waals surface area contributed by atoms with Crippen molar-refractivity contribution < 1.29 is 4.79 Å². The molecule has 4 nitrogen and oxygen atoms in total. The number of nitrogens with one attached hydrogen (secondary N) is 2. The first-order chi connectivity index (χ1) is 13.8. The number of H-pyrrole nitrogens is 1. The summed E-state index contributed by atoms with van der Waals surface area (Å²) in [6.07, 6.45) is 1.69. The molecule has 0 fully saturated rings. The van der Waals surface area contributed by atoms with Gasteiger partial charge in [-0.1, -0.05) is 42.5 Å². The van der Waals surface area contributed by atoms with Crippen LogP contribution in [-0.2, 0) is 17.6 Å². The molecular formula is C23H21N3OS. The second-order valence-corrected chi connectivity index (χ2v) is 7.60. The molecule has 0 aliphatic carbocycles. The van der Waals surface area contributed by atoms with Crippen LogP contribution in [0.4, 0.5) is 5.69 Å². The zero-order valence-corrected chi connectivity index (χ0v) is 16.2. The molecule has 0 atom stereocenters. The van der Waals surface area contributed by atoms with Gasteiger partial charge in [-0.25, -0.2) is 4.98 Å². The standard InChI is InChI=1S/C23H21N3OS/c27-23(16-28-19-9-2-1-3-10-19)24-18-8-6-7-17(15-18)13-14-22-25-20-11-4-5-12-21(20)26-22/h1-12,15H,13-14,16H2,(H,24,27)(H,25,26). The van der Waals surface area contributed by atoms with Crippen LogP contribution in [-0.4, -0.2) is 21.6 Å². The summed E-state index contributed by atoms with van der Waals surface area (Å²) in [6, 6.07) is 26.0. The molecule has 140 valence electrons. The van der Waals surface area contributed by atoms with Gasteiger partial charge in [0.05, 0.1) is 16.8 Å². The normalized spacial score (nSPS) is 10.9. The number of hydrogen-bond acceptors (Lipinski definition) is 3. The number of hydrogen-bond donors (Lipinski definition) is 2. The molecule has 0 aliphatic heterocycles. The Morgan fingerprint density at radius 2 is 1.75 bits per heavy atom. The first-order valence-corrected chi connectivity index (χ1v) is 10.2. The van der Waals surface area contributed by atoms with E-state index >= 15 is 0 Å². The largest absolute Gasteiger partial charge is 0.342 e. The summed E-state index contributed by atoms with van der Waals surface area (Å²) in [5.74, 6) is 1.38. The van der Waals surface area contributed by atoms with Gasteiger partial charge in [0.1, 0.15) is 5.82 Å². The van der Waals surface area contributed by atoms with Gasteiger partial charge in [-0.3, -0.25) is 4.79 Å². The fraction of sp³-hybridized carbons (Fsp3) is 0.130. The van der Waals surface area contributed by atoms with E-state index in [9.17, 15) is 4.79 Å². The van der Waals surface area contributed by atoms with Crippen molar-refractivity contribution in [2.75, 3.05) is 11.1 Å². The molecule has 1 heterocycles. The molecule has 0 radical (unpaired) electrons. The van der Waals surface area contributed by atoms with Gasteiger partial charge >= 0.3 is 0 Å². The van der Waals surface area contributed by atoms with Gasteiger partial charge in [0.15, 0.2) is 0 Å². The fourth-order valence-electron chi connectivity index (χ4n) is 3.05. The predicted molar refractivity (Wildman–Crippen MR) is 116 cm³/mol. The Morgan fingerprint density at radius 3 is 2.61 bits per heavy atom. The maximum absolute atomic E-state index is 12.2. The molecular weight excluding hydrogens is 366 g/mol. The highest BCUT2D eigenvalue weighted by Crippen LogP contribution is 2.18. The number of carbonyl (C=O) groups is 1. The van der Waals surface area contributed by atoms with Crippen LogP contribution in [0.1, 0.15) is 11.4 Å². The Kier molecular flexibility index (Phi) is 5.73. The number of imidazole rings is 1. The third kappa shape index (κ3) is 4.81. The van der Waals surface area contributed by atoms with E-state index in [-0.39, 0.29) is 5.91 Å². The number of aromatic nitrogens is 2. The number of nitrogens with zero attached hydrogens (tertiary/aromatic N) is 1. The number of aromatic amines is 1. The molecule has 28 heavy (non-hydrogen) atoms. The summed E-state index contributed by atoms with van der Waals surface area (Å²) < 4.78 is 0. The van der Waals surface area contributed by atoms with E-state index in [1.54, 1.807) is 0 Å². The van der Waals surface area contributed by atoms with Crippen LogP contribution in [0.2, 0.25) is 0 Å². The van der Waals surface area contributed by atoms with Gasteiger partial charge in [-0.05, 0) is 48.4 Å². The van der Waals surface area contributed by atoms with Crippen molar-refractivity contribution in [3.63, 3.8) is 0 Å². The first-order valence-electron chi connectivity index (χ1n) is 9.26. The number of thioether (sulfide) groups is 1. The van der Waals surface area contributed by atoms with Gasteiger partial charge in [0, 0.05) is 17.0 Å². The maximum Gasteiger partial charge on any atom is 0.234 e. The van der Waals surface area contributed by atoms with Crippen LogP contribution in [0.15, 0.2) is 83.8 Å². The predicted octanol–water partition coefficient (Wildman–Crippen LogP) is 5.08. The monoisotopic (exact) mass is 387 g/mol. The Bertz CT molecular complexity index is 1040. The first kappa shape index (κ1) is 18.3. The third-order valence-electron chi connectivity index (χ3n) is 4.41. The van der Waals surface area contributed by atoms with Crippen LogP contribution >= 0.6 is 11.8 Å². The summed E-state index contributed by atoms with van der Waals surface area (Å²) in [4.78, 5) is 21.3. The summed E-state index contributed by atoms with van der Waals surface area (Å²) >= 11 is 1.54.